The van der Waals surface area contributed by atoms with Gasteiger partial charge in [0.15, 0.2) is 11.5 Å². The first-order chi connectivity index (χ1) is 11.5. The van der Waals surface area contributed by atoms with Crippen molar-refractivity contribution in [3.05, 3.63) is 36.2 Å². The van der Waals surface area contributed by atoms with Crippen LogP contribution in [0.25, 0.3) is 0 Å². The molecule has 1 aliphatic rings. The average molecular weight is 331 g/mol. The largest absolute Gasteiger partial charge is 0.454 e. The number of aromatic nitrogens is 2. The number of nitrogens with one attached hydrogen (secondary N) is 1. The predicted molar refractivity (Wildman–Crippen MR) is 84.5 cm³/mol. The highest BCUT2D eigenvalue weighted by atomic mass is 16.7. The maximum absolute atomic E-state index is 12.2. The van der Waals surface area contributed by atoms with Gasteiger partial charge in [-0.1, -0.05) is 6.07 Å². The smallest absolute Gasteiger partial charge is 0.321 e. The van der Waals surface area contributed by atoms with E-state index in [0.717, 1.165) is 5.56 Å². The van der Waals surface area contributed by atoms with Crippen molar-refractivity contribution < 1.29 is 19.1 Å². The number of rotatable bonds is 5. The second-order valence-corrected chi connectivity index (χ2v) is 5.37. The highest BCUT2D eigenvalue weighted by Gasteiger charge is 2.16. The Balaban J connectivity index is 1.58. The van der Waals surface area contributed by atoms with E-state index in [4.69, 9.17) is 15.2 Å². The number of fused-ring (bicyclic) bond motifs is 1. The van der Waals surface area contributed by atoms with Crippen LogP contribution in [-0.2, 0) is 17.9 Å². The van der Waals surface area contributed by atoms with Crippen molar-refractivity contribution in [2.24, 2.45) is 5.73 Å². The lowest BCUT2D eigenvalue weighted by Gasteiger charge is -2.17. The molecule has 2 aromatic rings. The van der Waals surface area contributed by atoms with Crippen LogP contribution in [0.4, 0.5) is 10.5 Å². The van der Waals surface area contributed by atoms with E-state index in [1.165, 1.54) is 22.0 Å². The fourth-order valence-electron chi connectivity index (χ4n) is 2.28. The Hall–Kier alpha value is -3.23. The van der Waals surface area contributed by atoms with Crippen molar-refractivity contribution in [2.45, 2.75) is 13.1 Å². The lowest BCUT2D eigenvalue weighted by Crippen LogP contribution is -2.30. The summed E-state index contributed by atoms with van der Waals surface area (Å²) in [6.45, 7) is 0.575. The monoisotopic (exact) mass is 331 g/mol. The topological polar surface area (TPSA) is 112 Å². The van der Waals surface area contributed by atoms with Crippen molar-refractivity contribution in [2.75, 3.05) is 19.2 Å². The first-order valence-electron chi connectivity index (χ1n) is 7.22. The van der Waals surface area contributed by atoms with Crippen LogP contribution in [0.1, 0.15) is 5.56 Å². The van der Waals surface area contributed by atoms with Gasteiger partial charge in [0.2, 0.25) is 12.7 Å². The summed E-state index contributed by atoms with van der Waals surface area (Å²) in [6, 6.07) is 5.24. The average Bonchev–Trinajstić information content (AvgIpc) is 3.15. The number of primary amides is 1. The van der Waals surface area contributed by atoms with Crippen LogP contribution in [0, 0.1) is 0 Å². The molecule has 2 heterocycles. The molecule has 3 N–H and O–H groups in total. The minimum absolute atomic E-state index is 0.0388. The number of carbonyl (C=O) groups excluding carboxylic acids is 2. The lowest BCUT2D eigenvalue weighted by atomic mass is 10.2. The normalized spacial score (nSPS) is 12.0. The Bertz CT molecular complexity index is 773. The van der Waals surface area contributed by atoms with E-state index in [1.807, 2.05) is 18.2 Å². The van der Waals surface area contributed by atoms with Gasteiger partial charge in [0.25, 0.3) is 0 Å². The van der Waals surface area contributed by atoms with Crippen LogP contribution in [0.5, 0.6) is 11.5 Å². The second-order valence-electron chi connectivity index (χ2n) is 5.37. The number of ether oxygens (including phenoxy) is 2. The van der Waals surface area contributed by atoms with Crippen LogP contribution in [0.2, 0.25) is 0 Å². The molecule has 9 nitrogen and oxygen atoms in total. The first-order valence-corrected chi connectivity index (χ1v) is 7.22. The molecule has 1 aliphatic heterocycles. The van der Waals surface area contributed by atoms with Gasteiger partial charge in [-0.15, -0.1) is 0 Å². The maximum atomic E-state index is 12.2. The standard InChI is InChI=1S/C15H17N5O4/c1-19(6-10-2-3-12-13(4-10)24-9-23-12)15(22)18-11-5-17-20(7-11)8-14(16)21/h2-5,7H,6,8-9H2,1H3,(H2,16,21)(H,18,22). The third-order valence-electron chi connectivity index (χ3n) is 3.41. The molecule has 0 saturated heterocycles. The minimum atomic E-state index is -0.504. The number of anilines is 1. The van der Waals surface area contributed by atoms with Gasteiger partial charge in [0.1, 0.15) is 6.54 Å². The molecule has 0 atom stereocenters. The van der Waals surface area contributed by atoms with Crippen molar-refractivity contribution >= 4 is 17.6 Å². The Morgan fingerprint density at radius 3 is 2.96 bits per heavy atom. The molecule has 0 saturated carbocycles. The van der Waals surface area contributed by atoms with Gasteiger partial charge in [0, 0.05) is 19.8 Å². The number of hydrogen-bond donors (Lipinski definition) is 2. The summed E-state index contributed by atoms with van der Waals surface area (Å²) in [6.07, 6.45) is 2.99. The molecule has 0 aliphatic carbocycles. The van der Waals surface area contributed by atoms with Crippen LogP contribution in [0.3, 0.4) is 0 Å². The zero-order valence-corrected chi connectivity index (χ0v) is 13.1. The molecular formula is C15H17N5O4. The van der Waals surface area contributed by atoms with Gasteiger partial charge in [-0.25, -0.2) is 4.79 Å². The fourth-order valence-corrected chi connectivity index (χ4v) is 2.28. The molecule has 0 bridgehead atoms. The molecule has 0 radical (unpaired) electrons. The summed E-state index contributed by atoms with van der Waals surface area (Å²) in [5.74, 6) is 0.873. The summed E-state index contributed by atoms with van der Waals surface area (Å²) in [4.78, 5) is 24.6. The summed E-state index contributed by atoms with van der Waals surface area (Å²) >= 11 is 0. The number of urea groups is 1. The zero-order chi connectivity index (χ0) is 17.1. The van der Waals surface area contributed by atoms with E-state index in [9.17, 15) is 9.59 Å². The van der Waals surface area contributed by atoms with Gasteiger partial charge in [-0.3, -0.25) is 9.48 Å². The third kappa shape index (κ3) is 3.57. The summed E-state index contributed by atoms with van der Waals surface area (Å²) in [5.41, 5.74) is 6.50. The molecular weight excluding hydrogens is 314 g/mol. The molecule has 1 aromatic heterocycles. The number of nitrogens with zero attached hydrogens (tertiary/aromatic N) is 3. The van der Waals surface area contributed by atoms with Gasteiger partial charge < -0.3 is 25.4 Å². The number of amides is 3. The molecule has 3 rings (SSSR count). The van der Waals surface area contributed by atoms with Crippen LogP contribution in [0.15, 0.2) is 30.6 Å². The number of hydrogen-bond acceptors (Lipinski definition) is 5. The molecule has 9 heteroatoms. The third-order valence-corrected chi connectivity index (χ3v) is 3.41. The van der Waals surface area contributed by atoms with E-state index >= 15 is 0 Å². The molecule has 126 valence electrons. The van der Waals surface area contributed by atoms with Crippen LogP contribution >= 0.6 is 0 Å². The van der Waals surface area contributed by atoms with Crippen LogP contribution in [-0.4, -0.2) is 40.5 Å². The molecule has 1 aromatic carbocycles. The van der Waals surface area contributed by atoms with Gasteiger partial charge in [0.05, 0.1) is 11.9 Å². The van der Waals surface area contributed by atoms with E-state index in [-0.39, 0.29) is 19.4 Å². The summed E-state index contributed by atoms with van der Waals surface area (Å²) in [7, 11) is 1.67. The van der Waals surface area contributed by atoms with E-state index in [2.05, 4.69) is 10.4 Å². The van der Waals surface area contributed by atoms with Gasteiger partial charge >= 0.3 is 6.03 Å². The van der Waals surface area contributed by atoms with Crippen molar-refractivity contribution in [3.8, 4) is 11.5 Å². The Kier molecular flexibility index (Phi) is 4.23. The fraction of sp³-hybridized carbons (Fsp3) is 0.267. The SMILES string of the molecule is CN(Cc1ccc2c(c1)OCO2)C(=O)Nc1cnn(CC(N)=O)c1. The maximum Gasteiger partial charge on any atom is 0.321 e. The van der Waals surface area contributed by atoms with Crippen molar-refractivity contribution in [3.63, 3.8) is 0 Å². The van der Waals surface area contributed by atoms with Crippen LogP contribution < -0.4 is 20.5 Å². The molecule has 0 unspecified atom stereocenters. The number of carbonyl (C=O) groups is 2. The highest BCUT2D eigenvalue weighted by Crippen LogP contribution is 2.32. The number of benzene rings is 1. The van der Waals surface area contributed by atoms with E-state index in [1.54, 1.807) is 7.05 Å². The lowest BCUT2D eigenvalue weighted by molar-refractivity contribution is -0.118. The van der Waals surface area contributed by atoms with E-state index in [0.29, 0.717) is 23.7 Å². The van der Waals surface area contributed by atoms with Crippen molar-refractivity contribution in [1.82, 2.24) is 14.7 Å². The van der Waals surface area contributed by atoms with Gasteiger partial charge in [-0.2, -0.15) is 5.10 Å². The Labute approximate surface area is 137 Å². The summed E-state index contributed by atoms with van der Waals surface area (Å²) in [5, 5.41) is 6.65. The number of nitrogens with two attached hydrogens (primary N) is 1. The minimum Gasteiger partial charge on any atom is -0.454 e. The molecule has 0 spiro atoms. The summed E-state index contributed by atoms with van der Waals surface area (Å²) < 4.78 is 11.9. The van der Waals surface area contributed by atoms with E-state index < -0.39 is 5.91 Å². The van der Waals surface area contributed by atoms with Gasteiger partial charge in [-0.05, 0) is 17.7 Å². The quantitative estimate of drug-likeness (QED) is 0.840. The highest BCUT2D eigenvalue weighted by molar-refractivity contribution is 5.88. The second kappa shape index (κ2) is 6.49. The zero-order valence-electron chi connectivity index (χ0n) is 13.1. The molecule has 24 heavy (non-hydrogen) atoms. The molecule has 0 fully saturated rings. The molecule has 3 amide bonds. The Morgan fingerprint density at radius 1 is 1.38 bits per heavy atom. The predicted octanol–water partition coefficient (Wildman–Crippen LogP) is 0.761. The first kappa shape index (κ1) is 15.7. The van der Waals surface area contributed by atoms with Crippen molar-refractivity contribution in [1.29, 1.82) is 0 Å². The Morgan fingerprint density at radius 2 is 2.17 bits per heavy atom.